The molecule has 1 aromatic carbocycles. The molecule has 31 heavy (non-hydrogen) atoms. The van der Waals surface area contributed by atoms with E-state index in [9.17, 15) is 10.1 Å². The van der Waals surface area contributed by atoms with Gasteiger partial charge in [-0.3, -0.25) is 15.1 Å². The second kappa shape index (κ2) is 8.95. The molecule has 1 saturated heterocycles. The van der Waals surface area contributed by atoms with Crippen LogP contribution in [-0.2, 0) is 6.54 Å². The molecule has 1 aliphatic rings. The van der Waals surface area contributed by atoms with Crippen LogP contribution in [0.1, 0.15) is 16.7 Å². The van der Waals surface area contributed by atoms with Gasteiger partial charge in [0.05, 0.1) is 4.92 Å². The molecule has 3 heterocycles. The van der Waals surface area contributed by atoms with E-state index in [0.29, 0.717) is 25.5 Å². The van der Waals surface area contributed by atoms with E-state index >= 15 is 0 Å². The van der Waals surface area contributed by atoms with Gasteiger partial charge in [0, 0.05) is 50.8 Å². The zero-order chi connectivity index (χ0) is 21.8. The number of nitrogens with zero attached hydrogens (tertiary/aromatic N) is 6. The number of aromatic nitrogens is 3. The Kier molecular flexibility index (Phi) is 5.92. The normalized spacial score (nSPS) is 13.9. The lowest BCUT2D eigenvalue weighted by molar-refractivity contribution is -0.383. The van der Waals surface area contributed by atoms with Gasteiger partial charge in [-0.15, -0.1) is 0 Å². The van der Waals surface area contributed by atoms with Crippen molar-refractivity contribution in [3.63, 3.8) is 0 Å². The summed E-state index contributed by atoms with van der Waals surface area (Å²) in [4.78, 5) is 28.3. The molecule has 0 amide bonds. The number of nitro groups is 1. The van der Waals surface area contributed by atoms with Crippen LogP contribution in [0, 0.1) is 24.0 Å². The first-order chi connectivity index (χ1) is 15.0. The second-order valence-electron chi connectivity index (χ2n) is 7.56. The topological polar surface area (TPSA) is 100 Å². The summed E-state index contributed by atoms with van der Waals surface area (Å²) in [7, 11) is 0. The van der Waals surface area contributed by atoms with Crippen LogP contribution in [0.3, 0.4) is 0 Å². The Balaban J connectivity index is 1.52. The van der Waals surface area contributed by atoms with Crippen molar-refractivity contribution in [3.8, 4) is 0 Å². The van der Waals surface area contributed by atoms with Crippen molar-refractivity contribution in [2.45, 2.75) is 20.4 Å². The van der Waals surface area contributed by atoms with Crippen LogP contribution in [0.25, 0.3) is 0 Å². The summed E-state index contributed by atoms with van der Waals surface area (Å²) < 4.78 is 0. The molecular formula is C22H25N7O2. The predicted octanol–water partition coefficient (Wildman–Crippen LogP) is 3.34. The zero-order valence-electron chi connectivity index (χ0n) is 17.7. The maximum Gasteiger partial charge on any atom is 0.353 e. The third-order valence-corrected chi connectivity index (χ3v) is 5.66. The van der Waals surface area contributed by atoms with Gasteiger partial charge >= 0.3 is 5.69 Å². The summed E-state index contributed by atoms with van der Waals surface area (Å²) in [5, 5.41) is 15.0. The predicted molar refractivity (Wildman–Crippen MR) is 121 cm³/mol. The van der Waals surface area contributed by atoms with E-state index in [1.54, 1.807) is 12.4 Å². The first kappa shape index (κ1) is 20.5. The minimum absolute atomic E-state index is 0.0911. The van der Waals surface area contributed by atoms with Crippen LogP contribution in [0.4, 0.5) is 23.0 Å². The van der Waals surface area contributed by atoms with Crippen LogP contribution in [0.2, 0.25) is 0 Å². The Labute approximate surface area is 180 Å². The van der Waals surface area contributed by atoms with E-state index in [1.165, 1.54) is 23.1 Å². The number of benzene rings is 1. The first-order valence-electron chi connectivity index (χ1n) is 10.2. The highest BCUT2D eigenvalue weighted by Gasteiger charge is 2.29. The molecule has 0 aliphatic carbocycles. The molecule has 0 unspecified atom stereocenters. The van der Waals surface area contributed by atoms with Crippen LogP contribution >= 0.6 is 0 Å². The smallest absolute Gasteiger partial charge is 0.353 e. The summed E-state index contributed by atoms with van der Waals surface area (Å²) in [5.74, 6) is 0.574. The number of anilines is 3. The highest BCUT2D eigenvalue weighted by molar-refractivity contribution is 5.71. The van der Waals surface area contributed by atoms with Gasteiger partial charge in [0.1, 0.15) is 6.33 Å². The lowest BCUT2D eigenvalue weighted by Crippen LogP contribution is -2.47. The quantitative estimate of drug-likeness (QED) is 0.480. The molecule has 0 saturated carbocycles. The van der Waals surface area contributed by atoms with Crippen LogP contribution in [0.5, 0.6) is 0 Å². The molecule has 1 aliphatic heterocycles. The Morgan fingerprint density at radius 3 is 2.55 bits per heavy atom. The molecule has 1 fully saturated rings. The molecule has 2 aromatic heterocycles. The first-order valence-corrected chi connectivity index (χ1v) is 10.2. The average Bonchev–Trinajstić information content (AvgIpc) is 2.80. The number of hydrogen-bond acceptors (Lipinski definition) is 8. The highest BCUT2D eigenvalue weighted by atomic mass is 16.6. The van der Waals surface area contributed by atoms with Gasteiger partial charge in [0.15, 0.2) is 0 Å². The van der Waals surface area contributed by atoms with Crippen molar-refractivity contribution in [2.75, 3.05) is 41.3 Å². The second-order valence-corrected chi connectivity index (χ2v) is 7.56. The molecular weight excluding hydrogens is 394 g/mol. The number of rotatable bonds is 6. The average molecular weight is 419 g/mol. The van der Waals surface area contributed by atoms with E-state index in [4.69, 9.17) is 0 Å². The highest BCUT2D eigenvalue weighted by Crippen LogP contribution is 2.33. The third-order valence-electron chi connectivity index (χ3n) is 5.66. The van der Waals surface area contributed by atoms with E-state index < -0.39 is 4.92 Å². The molecule has 9 heteroatoms. The molecule has 0 bridgehead atoms. The largest absolute Gasteiger partial charge is 0.368 e. The fourth-order valence-corrected chi connectivity index (χ4v) is 3.82. The minimum atomic E-state index is -0.405. The molecule has 3 aromatic rings. The number of aryl methyl sites for hydroxylation is 1. The van der Waals surface area contributed by atoms with Gasteiger partial charge in [0.25, 0.3) is 0 Å². The molecule has 0 spiro atoms. The standard InChI is InChI=1S/C22H25N7O2/c1-16-5-3-7-19(17(16)2)27-9-11-28(12-10-27)22-20(29(30)31)21(25-15-26-22)24-14-18-6-4-8-23-13-18/h3-8,13,15H,9-12,14H2,1-2H3,(H,24,25,26). The van der Waals surface area contributed by atoms with Crippen molar-refractivity contribution in [2.24, 2.45) is 0 Å². The van der Waals surface area contributed by atoms with Crippen LogP contribution < -0.4 is 15.1 Å². The van der Waals surface area contributed by atoms with Gasteiger partial charge in [-0.2, -0.15) is 0 Å². The van der Waals surface area contributed by atoms with Crippen LogP contribution in [0.15, 0.2) is 49.1 Å². The summed E-state index contributed by atoms with van der Waals surface area (Å²) in [6, 6.07) is 10.0. The number of piperazine rings is 1. The molecule has 4 rings (SSSR count). The van der Waals surface area contributed by atoms with Gasteiger partial charge in [-0.25, -0.2) is 9.97 Å². The lowest BCUT2D eigenvalue weighted by Gasteiger charge is -2.37. The van der Waals surface area contributed by atoms with E-state index in [-0.39, 0.29) is 11.5 Å². The lowest BCUT2D eigenvalue weighted by atomic mass is 10.1. The Morgan fingerprint density at radius 1 is 1.06 bits per heavy atom. The maximum absolute atomic E-state index is 11.9. The monoisotopic (exact) mass is 419 g/mol. The number of pyridine rings is 1. The fourth-order valence-electron chi connectivity index (χ4n) is 3.82. The molecule has 0 radical (unpaired) electrons. The van der Waals surface area contributed by atoms with Crippen molar-refractivity contribution in [1.29, 1.82) is 0 Å². The summed E-state index contributed by atoms with van der Waals surface area (Å²) in [6.45, 7) is 7.46. The Bertz CT molecular complexity index is 1070. The fraction of sp³-hybridized carbons (Fsp3) is 0.318. The minimum Gasteiger partial charge on any atom is -0.368 e. The molecule has 1 N–H and O–H groups in total. The Hall–Kier alpha value is -3.75. The number of nitrogens with one attached hydrogen (secondary N) is 1. The van der Waals surface area contributed by atoms with Crippen molar-refractivity contribution < 1.29 is 4.92 Å². The maximum atomic E-state index is 11.9. The Morgan fingerprint density at radius 2 is 1.84 bits per heavy atom. The third kappa shape index (κ3) is 4.40. The van der Waals surface area contributed by atoms with E-state index in [2.05, 4.69) is 57.2 Å². The number of hydrogen-bond donors (Lipinski definition) is 1. The van der Waals surface area contributed by atoms with Gasteiger partial charge in [-0.1, -0.05) is 18.2 Å². The van der Waals surface area contributed by atoms with Crippen molar-refractivity contribution in [3.05, 3.63) is 75.9 Å². The summed E-state index contributed by atoms with van der Waals surface area (Å²) in [6.07, 6.45) is 4.78. The molecule has 0 atom stereocenters. The van der Waals surface area contributed by atoms with Gasteiger partial charge in [0.2, 0.25) is 11.6 Å². The zero-order valence-corrected chi connectivity index (χ0v) is 17.7. The van der Waals surface area contributed by atoms with Crippen molar-refractivity contribution >= 4 is 23.0 Å². The van der Waals surface area contributed by atoms with E-state index in [1.807, 2.05) is 17.0 Å². The van der Waals surface area contributed by atoms with Gasteiger partial charge < -0.3 is 15.1 Å². The molecule has 9 nitrogen and oxygen atoms in total. The molecule has 160 valence electrons. The SMILES string of the molecule is Cc1cccc(N2CCN(c3ncnc(NCc4cccnc4)c3[N+](=O)[O-])CC2)c1C. The van der Waals surface area contributed by atoms with E-state index in [0.717, 1.165) is 18.7 Å². The van der Waals surface area contributed by atoms with Crippen molar-refractivity contribution in [1.82, 2.24) is 15.0 Å². The van der Waals surface area contributed by atoms with Crippen LogP contribution in [-0.4, -0.2) is 46.1 Å². The summed E-state index contributed by atoms with van der Waals surface area (Å²) in [5.41, 5.74) is 4.57. The summed E-state index contributed by atoms with van der Waals surface area (Å²) >= 11 is 0. The van der Waals surface area contributed by atoms with Gasteiger partial charge in [-0.05, 0) is 42.7 Å².